The summed E-state index contributed by atoms with van der Waals surface area (Å²) in [7, 11) is 0. The SMILES string of the molecule is CCCc1ccc([C@@]2(C)NC(=O)N(CC(=O)Nc3ccc(C)c(F)c3)C2=O)cc1. The van der Waals surface area contributed by atoms with Crippen LogP contribution in [0, 0.1) is 12.7 Å². The van der Waals surface area contributed by atoms with Crippen LogP contribution in [0.1, 0.15) is 37.0 Å². The summed E-state index contributed by atoms with van der Waals surface area (Å²) in [4.78, 5) is 38.5. The second-order valence-electron chi connectivity index (χ2n) is 7.41. The lowest BCUT2D eigenvalue weighted by Crippen LogP contribution is -2.42. The molecule has 0 unspecified atom stereocenters. The number of anilines is 1. The van der Waals surface area contributed by atoms with E-state index in [9.17, 15) is 18.8 Å². The topological polar surface area (TPSA) is 78.5 Å². The molecule has 0 bridgehead atoms. The number of aryl methyl sites for hydroxylation is 2. The van der Waals surface area contributed by atoms with E-state index in [0.717, 1.165) is 23.3 Å². The van der Waals surface area contributed by atoms with Gasteiger partial charge in [-0.05, 0) is 49.1 Å². The molecule has 1 aliphatic rings. The first-order valence-electron chi connectivity index (χ1n) is 9.54. The van der Waals surface area contributed by atoms with Crippen LogP contribution < -0.4 is 10.6 Å². The number of imide groups is 1. The molecule has 4 amide bonds. The number of nitrogens with one attached hydrogen (secondary N) is 2. The third kappa shape index (κ3) is 4.13. The van der Waals surface area contributed by atoms with E-state index in [1.54, 1.807) is 19.9 Å². The molecule has 0 aliphatic carbocycles. The first-order chi connectivity index (χ1) is 13.7. The molecule has 7 heteroatoms. The Labute approximate surface area is 169 Å². The van der Waals surface area contributed by atoms with Crippen molar-refractivity contribution in [1.29, 1.82) is 0 Å². The number of hydrogen-bond acceptors (Lipinski definition) is 3. The first-order valence-corrected chi connectivity index (χ1v) is 9.54. The van der Waals surface area contributed by atoms with Gasteiger partial charge >= 0.3 is 6.03 Å². The predicted molar refractivity (Wildman–Crippen MR) is 108 cm³/mol. The number of amides is 4. The molecule has 1 atom stereocenters. The van der Waals surface area contributed by atoms with Gasteiger partial charge in [-0.2, -0.15) is 0 Å². The second-order valence-corrected chi connectivity index (χ2v) is 7.41. The van der Waals surface area contributed by atoms with E-state index in [1.165, 1.54) is 12.1 Å². The van der Waals surface area contributed by atoms with Crippen molar-refractivity contribution in [2.45, 2.75) is 39.2 Å². The van der Waals surface area contributed by atoms with Crippen molar-refractivity contribution in [2.75, 3.05) is 11.9 Å². The van der Waals surface area contributed by atoms with Crippen molar-refractivity contribution >= 4 is 23.5 Å². The van der Waals surface area contributed by atoms with Crippen molar-refractivity contribution in [3.63, 3.8) is 0 Å². The summed E-state index contributed by atoms with van der Waals surface area (Å²) < 4.78 is 13.6. The summed E-state index contributed by atoms with van der Waals surface area (Å²) in [5, 5.41) is 5.19. The quantitative estimate of drug-likeness (QED) is 0.733. The summed E-state index contributed by atoms with van der Waals surface area (Å²) in [5.41, 5.74) is 1.28. The number of benzene rings is 2. The largest absolute Gasteiger partial charge is 0.325 e. The highest BCUT2D eigenvalue weighted by molar-refractivity contribution is 6.10. The van der Waals surface area contributed by atoms with Crippen LogP contribution in [0.2, 0.25) is 0 Å². The van der Waals surface area contributed by atoms with Crippen molar-refractivity contribution in [3.05, 3.63) is 65.0 Å². The molecule has 3 rings (SSSR count). The molecular formula is C22H24FN3O3. The Morgan fingerprint density at radius 3 is 2.48 bits per heavy atom. The van der Waals surface area contributed by atoms with E-state index < -0.39 is 35.7 Å². The van der Waals surface area contributed by atoms with Crippen molar-refractivity contribution in [1.82, 2.24) is 10.2 Å². The van der Waals surface area contributed by atoms with Gasteiger partial charge in [0.05, 0.1) is 0 Å². The lowest BCUT2D eigenvalue weighted by atomic mass is 9.91. The minimum absolute atomic E-state index is 0.263. The maximum Gasteiger partial charge on any atom is 0.325 e. The monoisotopic (exact) mass is 397 g/mol. The van der Waals surface area contributed by atoms with Gasteiger partial charge in [0.1, 0.15) is 17.9 Å². The number of carbonyl (C=O) groups excluding carboxylic acids is 3. The third-order valence-corrected chi connectivity index (χ3v) is 5.10. The Kier molecular flexibility index (Phi) is 5.68. The molecule has 2 N–H and O–H groups in total. The minimum Gasteiger partial charge on any atom is -0.324 e. The van der Waals surface area contributed by atoms with Gasteiger partial charge in [0.15, 0.2) is 0 Å². The molecule has 2 aromatic rings. The van der Waals surface area contributed by atoms with Gasteiger partial charge < -0.3 is 10.6 Å². The minimum atomic E-state index is -1.24. The molecule has 152 valence electrons. The summed E-state index contributed by atoms with van der Waals surface area (Å²) in [6.45, 7) is 4.87. The van der Waals surface area contributed by atoms with E-state index >= 15 is 0 Å². The number of halogens is 1. The van der Waals surface area contributed by atoms with Gasteiger partial charge in [-0.25, -0.2) is 9.18 Å². The number of hydrogen-bond donors (Lipinski definition) is 2. The fraction of sp³-hybridized carbons (Fsp3) is 0.318. The van der Waals surface area contributed by atoms with Crippen LogP contribution in [-0.4, -0.2) is 29.3 Å². The summed E-state index contributed by atoms with van der Waals surface area (Å²) in [6.07, 6.45) is 1.95. The standard InChI is InChI=1S/C22H24FN3O3/c1-4-5-15-7-9-16(10-8-15)22(3)20(28)26(21(29)25-22)13-19(27)24-17-11-6-14(2)18(23)12-17/h6-12H,4-5,13H2,1-3H3,(H,24,27)(H,25,29)/t22-/m1/s1. The zero-order valence-electron chi connectivity index (χ0n) is 16.7. The summed E-state index contributed by atoms with van der Waals surface area (Å²) in [6, 6.07) is 11.2. The molecule has 6 nitrogen and oxygen atoms in total. The Morgan fingerprint density at radius 1 is 1.17 bits per heavy atom. The van der Waals surface area contributed by atoms with Crippen LogP contribution in [0.4, 0.5) is 14.9 Å². The van der Waals surface area contributed by atoms with Crippen LogP contribution in [0.25, 0.3) is 0 Å². The molecule has 1 fully saturated rings. The zero-order chi connectivity index (χ0) is 21.2. The van der Waals surface area contributed by atoms with Crippen LogP contribution in [0.15, 0.2) is 42.5 Å². The number of rotatable bonds is 6. The smallest absolute Gasteiger partial charge is 0.324 e. The lowest BCUT2D eigenvalue weighted by Gasteiger charge is -2.22. The Hall–Kier alpha value is -3.22. The maximum atomic E-state index is 13.6. The van der Waals surface area contributed by atoms with Crippen molar-refractivity contribution in [3.8, 4) is 0 Å². The van der Waals surface area contributed by atoms with E-state index in [2.05, 4.69) is 17.6 Å². The van der Waals surface area contributed by atoms with Gasteiger partial charge in [-0.3, -0.25) is 14.5 Å². The Balaban J connectivity index is 1.72. The van der Waals surface area contributed by atoms with Gasteiger partial charge in [-0.15, -0.1) is 0 Å². The number of urea groups is 1. The highest BCUT2D eigenvalue weighted by Gasteiger charge is 2.49. The average Bonchev–Trinajstić information content (AvgIpc) is 2.89. The van der Waals surface area contributed by atoms with Crippen molar-refractivity contribution in [2.24, 2.45) is 0 Å². The molecule has 0 aromatic heterocycles. The summed E-state index contributed by atoms with van der Waals surface area (Å²) >= 11 is 0. The highest BCUT2D eigenvalue weighted by Crippen LogP contribution is 2.29. The predicted octanol–water partition coefficient (Wildman–Crippen LogP) is 3.49. The van der Waals surface area contributed by atoms with Crippen LogP contribution in [0.3, 0.4) is 0 Å². The molecule has 2 aromatic carbocycles. The normalized spacial score (nSPS) is 18.7. The molecular weight excluding hydrogens is 373 g/mol. The Bertz CT molecular complexity index is 958. The van der Waals surface area contributed by atoms with E-state index in [4.69, 9.17) is 0 Å². The number of nitrogens with zero attached hydrogens (tertiary/aromatic N) is 1. The van der Waals surface area contributed by atoms with Crippen molar-refractivity contribution < 1.29 is 18.8 Å². The zero-order valence-corrected chi connectivity index (χ0v) is 16.7. The Morgan fingerprint density at radius 2 is 1.86 bits per heavy atom. The maximum absolute atomic E-state index is 13.6. The molecule has 1 aliphatic heterocycles. The lowest BCUT2D eigenvalue weighted by molar-refractivity contribution is -0.133. The van der Waals surface area contributed by atoms with Crippen LogP contribution in [0.5, 0.6) is 0 Å². The molecule has 0 saturated carbocycles. The fourth-order valence-corrected chi connectivity index (χ4v) is 3.34. The summed E-state index contributed by atoms with van der Waals surface area (Å²) in [5.74, 6) is -1.54. The van der Waals surface area contributed by atoms with E-state index in [1.807, 2.05) is 24.3 Å². The highest BCUT2D eigenvalue weighted by atomic mass is 19.1. The third-order valence-electron chi connectivity index (χ3n) is 5.10. The van der Waals surface area contributed by atoms with Gasteiger partial charge in [-0.1, -0.05) is 43.7 Å². The molecule has 1 saturated heterocycles. The molecule has 0 radical (unpaired) electrons. The molecule has 1 heterocycles. The van der Waals surface area contributed by atoms with Gasteiger partial charge in [0.2, 0.25) is 5.91 Å². The van der Waals surface area contributed by atoms with Gasteiger partial charge in [0.25, 0.3) is 5.91 Å². The first kappa shape index (κ1) is 20.5. The molecule has 29 heavy (non-hydrogen) atoms. The molecule has 0 spiro atoms. The van der Waals surface area contributed by atoms with Crippen LogP contribution in [-0.2, 0) is 21.5 Å². The second kappa shape index (κ2) is 8.03. The van der Waals surface area contributed by atoms with E-state index in [0.29, 0.717) is 11.1 Å². The van der Waals surface area contributed by atoms with E-state index in [-0.39, 0.29) is 5.69 Å². The van der Waals surface area contributed by atoms with Crippen LogP contribution >= 0.6 is 0 Å². The average molecular weight is 397 g/mol. The fourth-order valence-electron chi connectivity index (χ4n) is 3.34. The number of carbonyl (C=O) groups is 3. The van der Waals surface area contributed by atoms with Gasteiger partial charge in [0, 0.05) is 5.69 Å².